The van der Waals surface area contributed by atoms with Gasteiger partial charge in [0.15, 0.2) is 0 Å². The zero-order chi connectivity index (χ0) is 14.8. The first kappa shape index (κ1) is 15.8. The molecule has 7 nitrogen and oxygen atoms in total. The fourth-order valence-electron chi connectivity index (χ4n) is 1.64. The molecule has 0 atom stereocenters. The lowest BCUT2D eigenvalue weighted by Crippen LogP contribution is -2.54. The number of aryl methyl sites for hydroxylation is 1. The van der Waals surface area contributed by atoms with Crippen molar-refractivity contribution in [2.24, 2.45) is 0 Å². The summed E-state index contributed by atoms with van der Waals surface area (Å²) in [5.74, 6) is -4.65. The minimum Gasteiger partial charge on any atom is -0.508 e. The van der Waals surface area contributed by atoms with E-state index < -0.39 is 18.0 Å². The number of hydrogen-bond donors (Lipinski definition) is 7. The zero-order valence-electron chi connectivity index (χ0n) is 11.0. The molecule has 0 saturated carbocycles. The van der Waals surface area contributed by atoms with Gasteiger partial charge in [-0.3, -0.25) is 0 Å². The zero-order valence-corrected chi connectivity index (χ0v) is 11.0. The molecular formula is C12H20N2O5. The minimum atomic E-state index is -2.26. The molecule has 19 heavy (non-hydrogen) atoms. The van der Waals surface area contributed by atoms with Gasteiger partial charge in [0, 0.05) is 19.4 Å². The highest BCUT2D eigenvalue weighted by atomic mass is 16.5. The number of hydrogen-bond acceptors (Lipinski definition) is 7. The van der Waals surface area contributed by atoms with Gasteiger partial charge in [0.25, 0.3) is 0 Å². The van der Waals surface area contributed by atoms with Gasteiger partial charge in [-0.2, -0.15) is 0 Å². The highest BCUT2D eigenvalue weighted by Crippen LogP contribution is 2.25. The average Bonchev–Trinajstić information content (AvgIpc) is 2.16. The SMILES string of the molecule is Cc1ccc(O)c(C(NC(C)(O)O)NC(C)(O)O)c1. The van der Waals surface area contributed by atoms with E-state index in [9.17, 15) is 25.5 Å². The average molecular weight is 272 g/mol. The Kier molecular flexibility index (Phi) is 4.51. The third kappa shape index (κ3) is 5.52. The van der Waals surface area contributed by atoms with Crippen molar-refractivity contribution in [1.29, 1.82) is 0 Å². The maximum Gasteiger partial charge on any atom is 0.220 e. The highest BCUT2D eigenvalue weighted by Gasteiger charge is 2.29. The van der Waals surface area contributed by atoms with Crippen LogP contribution in [0.15, 0.2) is 18.2 Å². The molecule has 0 heterocycles. The second kappa shape index (κ2) is 5.41. The largest absolute Gasteiger partial charge is 0.508 e. The van der Waals surface area contributed by atoms with E-state index in [0.717, 1.165) is 19.4 Å². The van der Waals surface area contributed by atoms with Gasteiger partial charge in [-0.05, 0) is 19.1 Å². The molecule has 108 valence electrons. The van der Waals surface area contributed by atoms with E-state index in [0.29, 0.717) is 0 Å². The van der Waals surface area contributed by atoms with Gasteiger partial charge in [-0.1, -0.05) is 11.6 Å². The van der Waals surface area contributed by atoms with Gasteiger partial charge in [0.2, 0.25) is 11.8 Å². The fourth-order valence-corrected chi connectivity index (χ4v) is 1.64. The van der Waals surface area contributed by atoms with Crippen molar-refractivity contribution >= 4 is 0 Å². The summed E-state index contributed by atoms with van der Waals surface area (Å²) in [5, 5.41) is 51.9. The molecule has 0 spiro atoms. The highest BCUT2D eigenvalue weighted by molar-refractivity contribution is 5.37. The third-order valence-corrected chi connectivity index (χ3v) is 2.33. The van der Waals surface area contributed by atoms with Crippen molar-refractivity contribution in [3.63, 3.8) is 0 Å². The third-order valence-electron chi connectivity index (χ3n) is 2.33. The first-order valence-corrected chi connectivity index (χ1v) is 5.72. The van der Waals surface area contributed by atoms with Crippen LogP contribution < -0.4 is 10.6 Å². The Labute approximate surface area is 111 Å². The van der Waals surface area contributed by atoms with Gasteiger partial charge in [-0.15, -0.1) is 0 Å². The van der Waals surface area contributed by atoms with E-state index >= 15 is 0 Å². The van der Waals surface area contributed by atoms with Crippen LogP contribution in [0.3, 0.4) is 0 Å². The molecule has 7 N–H and O–H groups in total. The van der Waals surface area contributed by atoms with Gasteiger partial charge >= 0.3 is 0 Å². The lowest BCUT2D eigenvalue weighted by atomic mass is 10.1. The number of phenolic OH excluding ortho intramolecular Hbond substituents is 1. The normalized spacial score (nSPS) is 13.1. The van der Waals surface area contributed by atoms with Crippen molar-refractivity contribution in [1.82, 2.24) is 10.6 Å². The summed E-state index contributed by atoms with van der Waals surface area (Å²) in [4.78, 5) is 0. The Hall–Kier alpha value is -1.22. The molecule has 1 rings (SSSR count). The maximum atomic E-state index is 9.79. The predicted octanol–water partition coefficient (Wildman–Crippen LogP) is -0.805. The fraction of sp³-hybridized carbons (Fsp3) is 0.500. The molecule has 1 aromatic rings. The summed E-state index contributed by atoms with van der Waals surface area (Å²) in [5.41, 5.74) is 1.07. The van der Waals surface area contributed by atoms with Crippen LogP contribution in [0.4, 0.5) is 0 Å². The minimum absolute atomic E-state index is 0.121. The summed E-state index contributed by atoms with van der Waals surface area (Å²) in [6.45, 7) is 3.93. The second-order valence-corrected chi connectivity index (χ2v) is 4.83. The number of nitrogens with one attached hydrogen (secondary N) is 2. The van der Waals surface area contributed by atoms with Crippen molar-refractivity contribution < 1.29 is 25.5 Å². The quantitative estimate of drug-likeness (QED) is 0.350. The Morgan fingerprint density at radius 2 is 1.47 bits per heavy atom. The molecule has 0 unspecified atom stereocenters. The van der Waals surface area contributed by atoms with Crippen molar-refractivity contribution in [3.8, 4) is 5.75 Å². The van der Waals surface area contributed by atoms with Crippen molar-refractivity contribution in [3.05, 3.63) is 29.3 Å². The topological polar surface area (TPSA) is 125 Å². The van der Waals surface area contributed by atoms with Gasteiger partial charge in [0.05, 0.1) is 6.17 Å². The smallest absolute Gasteiger partial charge is 0.220 e. The number of rotatable bonds is 5. The summed E-state index contributed by atoms with van der Waals surface area (Å²) < 4.78 is 0. The van der Waals surface area contributed by atoms with E-state index in [-0.39, 0.29) is 11.3 Å². The number of benzene rings is 1. The van der Waals surface area contributed by atoms with Crippen LogP contribution >= 0.6 is 0 Å². The molecule has 0 amide bonds. The molecule has 7 heteroatoms. The van der Waals surface area contributed by atoms with Crippen LogP contribution in [-0.2, 0) is 0 Å². The molecule has 0 aliphatic rings. The Morgan fingerprint density at radius 3 is 1.89 bits per heavy atom. The molecule has 0 fully saturated rings. The molecule has 1 aromatic carbocycles. The van der Waals surface area contributed by atoms with Crippen molar-refractivity contribution in [2.45, 2.75) is 38.8 Å². The molecule has 0 bridgehead atoms. The Morgan fingerprint density at radius 1 is 1.00 bits per heavy atom. The monoisotopic (exact) mass is 272 g/mol. The van der Waals surface area contributed by atoms with Gasteiger partial charge in [0.1, 0.15) is 5.75 Å². The van der Waals surface area contributed by atoms with Crippen LogP contribution in [0.5, 0.6) is 5.75 Å². The molecule has 0 radical (unpaired) electrons. The molecule has 0 aliphatic carbocycles. The van der Waals surface area contributed by atoms with E-state index in [1.807, 2.05) is 0 Å². The van der Waals surface area contributed by atoms with Crippen LogP contribution in [0.25, 0.3) is 0 Å². The lowest BCUT2D eigenvalue weighted by molar-refractivity contribution is -0.206. The van der Waals surface area contributed by atoms with Crippen LogP contribution in [0.2, 0.25) is 0 Å². The van der Waals surface area contributed by atoms with E-state index in [1.165, 1.54) is 6.07 Å². The van der Waals surface area contributed by atoms with E-state index in [4.69, 9.17) is 0 Å². The standard InChI is InChI=1S/C12H20N2O5/c1-7-4-5-9(15)8(6-7)10(13-11(2,16)17)14-12(3,18)19/h4-6,10,13-19H,1-3H3. The number of aliphatic hydroxyl groups is 4. The molecule has 0 aromatic heterocycles. The molecule has 0 aliphatic heterocycles. The van der Waals surface area contributed by atoms with E-state index in [2.05, 4.69) is 10.6 Å². The lowest BCUT2D eigenvalue weighted by Gasteiger charge is -2.31. The van der Waals surface area contributed by atoms with Gasteiger partial charge in [-0.25, -0.2) is 10.6 Å². The van der Waals surface area contributed by atoms with Gasteiger partial charge < -0.3 is 25.5 Å². The number of aromatic hydroxyl groups is 1. The first-order chi connectivity index (χ1) is 8.48. The molecular weight excluding hydrogens is 252 g/mol. The maximum absolute atomic E-state index is 9.79. The van der Waals surface area contributed by atoms with Crippen LogP contribution in [-0.4, -0.2) is 37.4 Å². The predicted molar refractivity (Wildman–Crippen MR) is 67.5 cm³/mol. The summed E-state index contributed by atoms with van der Waals surface area (Å²) in [6, 6.07) is 4.68. The molecule has 0 saturated heterocycles. The summed E-state index contributed by atoms with van der Waals surface area (Å²) >= 11 is 0. The first-order valence-electron chi connectivity index (χ1n) is 5.72. The number of phenols is 1. The summed E-state index contributed by atoms with van der Waals surface area (Å²) in [6.07, 6.45) is -1.08. The van der Waals surface area contributed by atoms with E-state index in [1.54, 1.807) is 19.1 Å². The summed E-state index contributed by atoms with van der Waals surface area (Å²) in [7, 11) is 0. The van der Waals surface area contributed by atoms with Crippen molar-refractivity contribution in [2.75, 3.05) is 0 Å². The van der Waals surface area contributed by atoms with Crippen LogP contribution in [0.1, 0.15) is 31.1 Å². The second-order valence-electron chi connectivity index (χ2n) is 4.83. The van der Waals surface area contributed by atoms with Crippen LogP contribution in [0, 0.1) is 6.92 Å². The Balaban J connectivity index is 3.11. The Bertz CT molecular complexity index is 421.